The summed E-state index contributed by atoms with van der Waals surface area (Å²) in [6.07, 6.45) is 3.79. The monoisotopic (exact) mass is 462 g/mol. The lowest BCUT2D eigenvalue weighted by Crippen LogP contribution is -2.24. The van der Waals surface area contributed by atoms with E-state index in [9.17, 15) is 13.2 Å². The summed E-state index contributed by atoms with van der Waals surface area (Å²) in [6.45, 7) is 2.43. The number of nitrogens with two attached hydrogens (primary N) is 1. The molecule has 3 rings (SSSR count). The van der Waals surface area contributed by atoms with Crippen LogP contribution in [0.15, 0.2) is 69.0 Å². The average Bonchev–Trinajstić information content (AvgIpc) is 2.65. The molecule has 0 unspecified atom stereocenters. The number of primary sulfonamides is 1. The fourth-order valence-electron chi connectivity index (χ4n) is 2.69. The van der Waals surface area contributed by atoms with Crippen LogP contribution >= 0.6 is 15.9 Å². The minimum absolute atomic E-state index is 0.0709. The normalized spacial score (nSPS) is 11.4. The molecule has 0 saturated carbocycles. The fraction of sp³-hybridized carbons (Fsp3) is 0.158. The lowest BCUT2D eigenvalue weighted by molar-refractivity contribution is 0.598. The van der Waals surface area contributed by atoms with E-state index >= 15 is 0 Å². The number of halogens is 1. The molecule has 0 atom stereocenters. The van der Waals surface area contributed by atoms with Crippen LogP contribution in [0.5, 0.6) is 0 Å². The number of nitrogens with one attached hydrogen (secondary N) is 1. The van der Waals surface area contributed by atoms with Crippen molar-refractivity contribution in [3.63, 3.8) is 0 Å². The van der Waals surface area contributed by atoms with Crippen molar-refractivity contribution >= 4 is 31.8 Å². The Morgan fingerprint density at radius 2 is 1.89 bits per heavy atom. The highest BCUT2D eigenvalue weighted by atomic mass is 79.9. The predicted molar refractivity (Wildman–Crippen MR) is 112 cm³/mol. The van der Waals surface area contributed by atoms with E-state index in [1.807, 2.05) is 25.1 Å². The van der Waals surface area contributed by atoms with Crippen molar-refractivity contribution in [2.45, 2.75) is 18.2 Å². The fourth-order valence-corrected chi connectivity index (χ4v) is 3.45. The maximum Gasteiger partial charge on any atom is 0.297 e. The zero-order valence-corrected chi connectivity index (χ0v) is 17.5. The van der Waals surface area contributed by atoms with E-state index in [0.717, 1.165) is 21.3 Å². The number of sulfonamides is 1. The average molecular weight is 463 g/mol. The van der Waals surface area contributed by atoms with Crippen LogP contribution in [0.4, 0.5) is 5.82 Å². The maximum absolute atomic E-state index is 12.7. The number of nitrogens with zero attached hydrogens (tertiary/aromatic N) is 2. The van der Waals surface area contributed by atoms with Crippen molar-refractivity contribution in [3.05, 3.63) is 80.8 Å². The molecule has 0 saturated heterocycles. The Labute approximate surface area is 171 Å². The highest BCUT2D eigenvalue weighted by molar-refractivity contribution is 9.10. The molecular weight excluding hydrogens is 444 g/mol. The van der Waals surface area contributed by atoms with E-state index in [0.29, 0.717) is 13.0 Å². The third-order valence-corrected chi connectivity index (χ3v) is 6.04. The largest absolute Gasteiger partial charge is 0.365 e. The van der Waals surface area contributed by atoms with E-state index in [1.54, 1.807) is 24.5 Å². The van der Waals surface area contributed by atoms with Gasteiger partial charge in [-0.05, 0) is 54.8 Å². The molecule has 0 aliphatic carbocycles. The first-order chi connectivity index (χ1) is 13.3. The molecule has 0 fully saturated rings. The summed E-state index contributed by atoms with van der Waals surface area (Å²) in [5.41, 5.74) is 2.46. The first kappa shape index (κ1) is 20.2. The van der Waals surface area contributed by atoms with Crippen LogP contribution in [0.1, 0.15) is 11.1 Å². The molecule has 0 spiro atoms. The summed E-state index contributed by atoms with van der Waals surface area (Å²) in [5, 5.41) is 8.14. The van der Waals surface area contributed by atoms with Gasteiger partial charge in [0.2, 0.25) is 10.0 Å². The van der Waals surface area contributed by atoms with Gasteiger partial charge in [0.05, 0.1) is 4.90 Å². The molecular formula is C19H19BrN4O3S. The first-order valence-corrected chi connectivity index (χ1v) is 10.8. The Hall–Kier alpha value is -2.49. The maximum atomic E-state index is 12.7. The minimum Gasteiger partial charge on any atom is -0.365 e. The van der Waals surface area contributed by atoms with Gasteiger partial charge >= 0.3 is 0 Å². The molecule has 3 N–H and O–H groups in total. The summed E-state index contributed by atoms with van der Waals surface area (Å²) >= 11 is 3.45. The Bertz CT molecular complexity index is 1160. The van der Waals surface area contributed by atoms with Crippen molar-refractivity contribution in [2.24, 2.45) is 5.14 Å². The predicted octanol–water partition coefficient (Wildman–Crippen LogP) is 2.61. The lowest BCUT2D eigenvalue weighted by atomic mass is 10.1. The third kappa shape index (κ3) is 4.67. The Kier molecular flexibility index (Phi) is 5.97. The molecule has 9 heteroatoms. The summed E-state index contributed by atoms with van der Waals surface area (Å²) < 4.78 is 25.1. The molecule has 3 aromatic rings. The summed E-state index contributed by atoms with van der Waals surface area (Å²) in [6, 6.07) is 12.0. The molecule has 1 heterocycles. The number of hydrogen-bond donors (Lipinski definition) is 2. The number of aryl methyl sites for hydroxylation is 1. The molecule has 1 aromatic heterocycles. The summed E-state index contributed by atoms with van der Waals surface area (Å²) in [5.74, 6) is 0.254. The van der Waals surface area contributed by atoms with Crippen LogP contribution in [0.25, 0.3) is 5.69 Å². The third-order valence-electron chi connectivity index (χ3n) is 4.22. The van der Waals surface area contributed by atoms with Gasteiger partial charge in [0.25, 0.3) is 5.56 Å². The second kappa shape index (κ2) is 8.26. The topological polar surface area (TPSA) is 107 Å². The minimum atomic E-state index is -3.70. The van der Waals surface area contributed by atoms with Crippen molar-refractivity contribution in [1.29, 1.82) is 0 Å². The van der Waals surface area contributed by atoms with Gasteiger partial charge in [0.1, 0.15) is 0 Å². The molecule has 7 nitrogen and oxygen atoms in total. The molecule has 0 aliphatic heterocycles. The van der Waals surface area contributed by atoms with Crippen molar-refractivity contribution in [1.82, 2.24) is 9.55 Å². The SMILES string of the molecule is Cc1cc(-n2ccnc(NCCc3ccc(S(N)(=O)=O)cc3)c2=O)ccc1Br. The molecule has 146 valence electrons. The van der Waals surface area contributed by atoms with Crippen LogP contribution in [-0.2, 0) is 16.4 Å². The highest BCUT2D eigenvalue weighted by Crippen LogP contribution is 2.18. The van der Waals surface area contributed by atoms with Gasteiger partial charge in [-0.2, -0.15) is 0 Å². The Balaban J connectivity index is 1.72. The van der Waals surface area contributed by atoms with E-state index in [1.165, 1.54) is 16.7 Å². The quantitative estimate of drug-likeness (QED) is 0.585. The second-order valence-electron chi connectivity index (χ2n) is 6.25. The number of hydrogen-bond acceptors (Lipinski definition) is 5. The number of aromatic nitrogens is 2. The molecule has 2 aromatic carbocycles. The van der Waals surface area contributed by atoms with Crippen LogP contribution < -0.4 is 16.0 Å². The van der Waals surface area contributed by atoms with E-state index in [-0.39, 0.29) is 16.3 Å². The van der Waals surface area contributed by atoms with Crippen molar-refractivity contribution < 1.29 is 8.42 Å². The second-order valence-corrected chi connectivity index (χ2v) is 8.67. The van der Waals surface area contributed by atoms with E-state index < -0.39 is 10.0 Å². The van der Waals surface area contributed by atoms with Crippen LogP contribution in [0, 0.1) is 6.92 Å². The summed E-state index contributed by atoms with van der Waals surface area (Å²) in [7, 11) is -3.70. The van der Waals surface area contributed by atoms with Gasteiger partial charge in [0.15, 0.2) is 5.82 Å². The van der Waals surface area contributed by atoms with Gasteiger partial charge in [0, 0.05) is 29.1 Å². The van der Waals surface area contributed by atoms with E-state index in [2.05, 4.69) is 26.2 Å². The number of anilines is 1. The smallest absolute Gasteiger partial charge is 0.297 e. The van der Waals surface area contributed by atoms with Crippen LogP contribution in [0.2, 0.25) is 0 Å². The standard InChI is InChI=1S/C19H19BrN4O3S/c1-13-12-15(4-7-17(13)20)24-11-10-23-18(19(24)25)22-9-8-14-2-5-16(6-3-14)28(21,26)27/h2-7,10-12H,8-9H2,1H3,(H,22,23)(H2,21,26,27). The molecule has 0 radical (unpaired) electrons. The molecule has 28 heavy (non-hydrogen) atoms. The highest BCUT2D eigenvalue weighted by Gasteiger charge is 2.09. The van der Waals surface area contributed by atoms with Gasteiger partial charge < -0.3 is 5.32 Å². The van der Waals surface area contributed by atoms with Gasteiger partial charge in [-0.25, -0.2) is 18.5 Å². The van der Waals surface area contributed by atoms with Crippen LogP contribution in [0.3, 0.4) is 0 Å². The van der Waals surface area contributed by atoms with Crippen molar-refractivity contribution in [2.75, 3.05) is 11.9 Å². The van der Waals surface area contributed by atoms with Gasteiger partial charge in [-0.15, -0.1) is 0 Å². The number of benzene rings is 2. The lowest BCUT2D eigenvalue weighted by Gasteiger charge is -2.10. The zero-order chi connectivity index (χ0) is 20.3. The first-order valence-electron chi connectivity index (χ1n) is 8.45. The van der Waals surface area contributed by atoms with E-state index in [4.69, 9.17) is 5.14 Å². The number of rotatable bonds is 6. The van der Waals surface area contributed by atoms with Gasteiger partial charge in [-0.3, -0.25) is 9.36 Å². The Morgan fingerprint density at radius 1 is 1.18 bits per heavy atom. The van der Waals surface area contributed by atoms with Crippen LogP contribution in [-0.4, -0.2) is 24.5 Å². The van der Waals surface area contributed by atoms with Crippen molar-refractivity contribution in [3.8, 4) is 5.69 Å². The van der Waals surface area contributed by atoms with Gasteiger partial charge in [-0.1, -0.05) is 28.1 Å². The molecule has 0 aliphatic rings. The zero-order valence-electron chi connectivity index (χ0n) is 15.1. The Morgan fingerprint density at radius 3 is 2.54 bits per heavy atom. The molecule has 0 bridgehead atoms. The molecule has 0 amide bonds. The summed E-state index contributed by atoms with van der Waals surface area (Å²) in [4.78, 5) is 16.9.